The van der Waals surface area contributed by atoms with Crippen LogP contribution in [0.25, 0.3) is 0 Å². The molecule has 1 aliphatic heterocycles. The third kappa shape index (κ3) is 4.22. The van der Waals surface area contributed by atoms with Crippen molar-refractivity contribution in [1.29, 1.82) is 0 Å². The van der Waals surface area contributed by atoms with Gasteiger partial charge in [-0.1, -0.05) is 6.92 Å². The molecule has 0 spiro atoms. The molecule has 1 aromatic heterocycles. The van der Waals surface area contributed by atoms with Gasteiger partial charge in [-0.2, -0.15) is 4.98 Å². The number of carbonyl (C=O) groups is 1. The summed E-state index contributed by atoms with van der Waals surface area (Å²) in [7, 11) is 0. The van der Waals surface area contributed by atoms with Gasteiger partial charge >= 0.3 is 0 Å². The number of nitrogens with two attached hydrogens (primary N) is 1. The van der Waals surface area contributed by atoms with E-state index in [1.54, 1.807) is 24.3 Å². The molecule has 0 bridgehead atoms. The largest absolute Gasteiger partial charge is 0.494 e. The van der Waals surface area contributed by atoms with Crippen LogP contribution in [0.1, 0.15) is 37.0 Å². The smallest absolute Gasteiger partial charge is 0.260 e. The second kappa shape index (κ2) is 8.03. The molecule has 2 aromatic rings. The lowest BCUT2D eigenvalue weighted by molar-refractivity contribution is 0.102. The van der Waals surface area contributed by atoms with Gasteiger partial charge in [0, 0.05) is 25.0 Å². The van der Waals surface area contributed by atoms with Crippen LogP contribution < -0.4 is 20.7 Å². The van der Waals surface area contributed by atoms with Gasteiger partial charge in [0.15, 0.2) is 0 Å². The fraction of sp³-hybridized carbons (Fsp3) is 0.421. The van der Waals surface area contributed by atoms with Crippen molar-refractivity contribution < 1.29 is 9.53 Å². The predicted octanol–water partition coefficient (Wildman–Crippen LogP) is 2.95. The number of hydrogen-bond acceptors (Lipinski definition) is 6. The van der Waals surface area contributed by atoms with Crippen molar-refractivity contribution in [3.05, 3.63) is 36.0 Å². The average molecular weight is 355 g/mol. The fourth-order valence-electron chi connectivity index (χ4n) is 2.92. The van der Waals surface area contributed by atoms with Crippen molar-refractivity contribution in [2.45, 2.75) is 26.7 Å². The summed E-state index contributed by atoms with van der Waals surface area (Å²) >= 11 is 0. The molecule has 3 rings (SSSR count). The van der Waals surface area contributed by atoms with E-state index in [4.69, 9.17) is 10.5 Å². The number of ether oxygens (including phenoxy) is 1. The van der Waals surface area contributed by atoms with E-state index in [1.165, 1.54) is 6.20 Å². The molecule has 1 aromatic carbocycles. The van der Waals surface area contributed by atoms with Crippen molar-refractivity contribution in [3.8, 4) is 5.75 Å². The van der Waals surface area contributed by atoms with Crippen LogP contribution in [0.2, 0.25) is 0 Å². The summed E-state index contributed by atoms with van der Waals surface area (Å²) < 4.78 is 5.39. The van der Waals surface area contributed by atoms with E-state index in [-0.39, 0.29) is 17.3 Å². The van der Waals surface area contributed by atoms with Crippen molar-refractivity contribution in [2.24, 2.45) is 5.92 Å². The molecule has 0 saturated carbocycles. The molecule has 1 aliphatic rings. The van der Waals surface area contributed by atoms with Gasteiger partial charge in [-0.25, -0.2) is 4.98 Å². The van der Waals surface area contributed by atoms with E-state index in [0.717, 1.165) is 37.6 Å². The van der Waals surface area contributed by atoms with Crippen molar-refractivity contribution in [1.82, 2.24) is 9.97 Å². The molecule has 0 atom stereocenters. The summed E-state index contributed by atoms with van der Waals surface area (Å²) in [6.07, 6.45) is 3.73. The first kappa shape index (κ1) is 18.0. The Kier molecular flexibility index (Phi) is 5.55. The monoisotopic (exact) mass is 355 g/mol. The van der Waals surface area contributed by atoms with Crippen LogP contribution in [-0.4, -0.2) is 35.6 Å². The zero-order valence-electron chi connectivity index (χ0n) is 15.2. The predicted molar refractivity (Wildman–Crippen MR) is 103 cm³/mol. The minimum Gasteiger partial charge on any atom is -0.494 e. The van der Waals surface area contributed by atoms with Gasteiger partial charge in [0.1, 0.15) is 17.1 Å². The molecule has 7 nitrogen and oxygen atoms in total. The highest BCUT2D eigenvalue weighted by Gasteiger charge is 2.20. The molecule has 1 amide bonds. The number of hydrogen-bond donors (Lipinski definition) is 2. The highest BCUT2D eigenvalue weighted by molar-refractivity contribution is 6.07. The first-order chi connectivity index (χ1) is 12.6. The molecule has 0 aliphatic carbocycles. The number of benzene rings is 1. The van der Waals surface area contributed by atoms with Gasteiger partial charge in [-0.15, -0.1) is 0 Å². The van der Waals surface area contributed by atoms with Crippen LogP contribution in [-0.2, 0) is 0 Å². The first-order valence-electron chi connectivity index (χ1n) is 8.98. The molecule has 2 heterocycles. The highest BCUT2D eigenvalue weighted by atomic mass is 16.5. The summed E-state index contributed by atoms with van der Waals surface area (Å²) in [5, 5.41) is 2.81. The maximum absolute atomic E-state index is 12.5. The third-order valence-corrected chi connectivity index (χ3v) is 4.54. The molecule has 0 unspecified atom stereocenters. The minimum atomic E-state index is -0.328. The number of nitrogen functional groups attached to an aromatic ring is 1. The average Bonchev–Trinajstić information content (AvgIpc) is 2.64. The molecule has 0 radical (unpaired) electrons. The van der Waals surface area contributed by atoms with Crippen LogP contribution in [0.5, 0.6) is 5.75 Å². The molecule has 1 saturated heterocycles. The Morgan fingerprint density at radius 3 is 2.62 bits per heavy atom. The summed E-state index contributed by atoms with van der Waals surface area (Å²) in [5.74, 6) is 1.94. The molecular weight excluding hydrogens is 330 g/mol. The van der Waals surface area contributed by atoms with E-state index >= 15 is 0 Å². The van der Waals surface area contributed by atoms with Crippen LogP contribution in [0.3, 0.4) is 0 Å². The Balaban J connectivity index is 1.67. The summed E-state index contributed by atoms with van der Waals surface area (Å²) in [4.78, 5) is 23.3. The zero-order chi connectivity index (χ0) is 18.5. The Morgan fingerprint density at radius 1 is 1.31 bits per heavy atom. The normalized spacial score (nSPS) is 14.9. The Hall–Kier alpha value is -2.83. The van der Waals surface area contributed by atoms with Gasteiger partial charge in [0.2, 0.25) is 5.95 Å². The second-order valence-electron chi connectivity index (χ2n) is 6.55. The summed E-state index contributed by atoms with van der Waals surface area (Å²) in [5.41, 5.74) is 6.95. The SMILES string of the molecule is CCOc1ccc(NC(=O)c2cnc(N3CCC(C)CC3)nc2N)cc1. The number of nitrogens with one attached hydrogen (secondary N) is 1. The maximum atomic E-state index is 12.5. The third-order valence-electron chi connectivity index (χ3n) is 4.54. The van der Waals surface area contributed by atoms with E-state index in [9.17, 15) is 4.79 Å². The Bertz CT molecular complexity index is 755. The minimum absolute atomic E-state index is 0.192. The number of piperidine rings is 1. The second-order valence-corrected chi connectivity index (χ2v) is 6.55. The fourth-order valence-corrected chi connectivity index (χ4v) is 2.92. The summed E-state index contributed by atoms with van der Waals surface area (Å²) in [6, 6.07) is 7.17. The van der Waals surface area contributed by atoms with Gasteiger partial charge in [0.25, 0.3) is 5.91 Å². The Labute approximate surface area is 153 Å². The molecule has 138 valence electrons. The molecule has 1 fully saturated rings. The number of rotatable bonds is 5. The van der Waals surface area contributed by atoms with Crippen LogP contribution in [0.15, 0.2) is 30.5 Å². The van der Waals surface area contributed by atoms with Gasteiger partial charge < -0.3 is 20.7 Å². The Morgan fingerprint density at radius 2 is 2.00 bits per heavy atom. The lowest BCUT2D eigenvalue weighted by atomic mass is 10.00. The van der Waals surface area contributed by atoms with Gasteiger partial charge in [-0.3, -0.25) is 4.79 Å². The molecular formula is C19H25N5O2. The standard InChI is InChI=1S/C19H25N5O2/c1-3-26-15-6-4-14(5-7-15)22-18(25)16-12-21-19(23-17(16)20)24-10-8-13(2)9-11-24/h4-7,12-13H,3,8-11H2,1-2H3,(H,22,25)(H2,20,21,23). The van der Waals surface area contributed by atoms with Crippen molar-refractivity contribution in [2.75, 3.05) is 35.6 Å². The van der Waals surface area contributed by atoms with Crippen LogP contribution in [0, 0.1) is 5.92 Å². The van der Waals surface area contributed by atoms with Crippen LogP contribution >= 0.6 is 0 Å². The van der Waals surface area contributed by atoms with E-state index < -0.39 is 0 Å². The van der Waals surface area contributed by atoms with E-state index in [0.29, 0.717) is 18.2 Å². The number of aromatic nitrogens is 2. The zero-order valence-corrected chi connectivity index (χ0v) is 15.2. The summed E-state index contributed by atoms with van der Waals surface area (Å²) in [6.45, 7) is 6.60. The van der Waals surface area contributed by atoms with Crippen molar-refractivity contribution >= 4 is 23.4 Å². The van der Waals surface area contributed by atoms with Crippen molar-refractivity contribution in [3.63, 3.8) is 0 Å². The molecule has 26 heavy (non-hydrogen) atoms. The number of anilines is 3. The quantitative estimate of drug-likeness (QED) is 0.856. The number of carbonyl (C=O) groups excluding carboxylic acids is 1. The lowest BCUT2D eigenvalue weighted by Gasteiger charge is -2.30. The van der Waals surface area contributed by atoms with Gasteiger partial charge in [0.05, 0.1) is 6.61 Å². The maximum Gasteiger partial charge on any atom is 0.260 e. The van der Waals surface area contributed by atoms with E-state index in [1.807, 2.05) is 6.92 Å². The number of amides is 1. The highest BCUT2D eigenvalue weighted by Crippen LogP contribution is 2.22. The van der Waals surface area contributed by atoms with Crippen LogP contribution in [0.4, 0.5) is 17.5 Å². The molecule has 7 heteroatoms. The lowest BCUT2D eigenvalue weighted by Crippen LogP contribution is -2.34. The number of nitrogens with zero attached hydrogens (tertiary/aromatic N) is 3. The van der Waals surface area contributed by atoms with Gasteiger partial charge in [-0.05, 0) is 49.9 Å². The first-order valence-corrected chi connectivity index (χ1v) is 8.98. The van der Waals surface area contributed by atoms with E-state index in [2.05, 4.69) is 27.1 Å². The topological polar surface area (TPSA) is 93.4 Å². The molecule has 3 N–H and O–H groups in total.